The van der Waals surface area contributed by atoms with Crippen molar-refractivity contribution >= 4 is 61.7 Å². The molecule has 0 saturated carbocycles. The van der Waals surface area contributed by atoms with Crippen LogP contribution >= 0.6 is 34.0 Å². The Balaban J connectivity index is 0.00000110. The first-order chi connectivity index (χ1) is 9.45. The fraction of sp³-hybridized carbons (Fsp3) is 0. The molecule has 21 heavy (non-hydrogen) atoms. The summed E-state index contributed by atoms with van der Waals surface area (Å²) in [5.41, 5.74) is 0. The number of rotatable bonds is 3. The predicted octanol–water partition coefficient (Wildman–Crippen LogP) is 3.36. The molecular weight excluding hydrogens is 451 g/mol. The molecule has 0 aliphatic heterocycles. The third-order valence-corrected chi connectivity index (χ3v) is 8.17. The Hall–Kier alpha value is -0.822. The minimum absolute atomic E-state index is 0. The van der Waals surface area contributed by atoms with Gasteiger partial charge >= 0.3 is 119 Å². The molecule has 0 saturated heterocycles. The molecule has 0 unspecified atom stereocenters. The quantitative estimate of drug-likeness (QED) is 0.518. The van der Waals surface area contributed by atoms with Crippen LogP contribution in [-0.2, 0) is 0 Å². The molecule has 0 heterocycles. The van der Waals surface area contributed by atoms with Gasteiger partial charge in [0.2, 0.25) is 0 Å². The van der Waals surface area contributed by atoms with E-state index in [2.05, 4.69) is 91.0 Å². The molecule has 0 amide bonds. The first-order valence-corrected chi connectivity index (χ1v) is 9.22. The summed E-state index contributed by atoms with van der Waals surface area (Å²) in [7, 11) is 0. The second-order valence-electron chi connectivity index (χ2n) is 4.34. The van der Waals surface area contributed by atoms with Gasteiger partial charge in [-0.25, -0.2) is 0 Å². The summed E-state index contributed by atoms with van der Waals surface area (Å²) < 4.78 is 4.44. The van der Waals surface area contributed by atoms with Gasteiger partial charge in [0.25, 0.3) is 0 Å². The molecule has 0 N–H and O–H groups in total. The number of hydrogen-bond donors (Lipinski definition) is 0. The molecule has 0 spiro atoms. The zero-order valence-electron chi connectivity index (χ0n) is 11.4. The van der Waals surface area contributed by atoms with Crippen molar-refractivity contribution in [2.24, 2.45) is 0 Å². The van der Waals surface area contributed by atoms with E-state index in [0.717, 1.165) is 0 Å². The zero-order chi connectivity index (χ0) is 12.9. The van der Waals surface area contributed by atoms with Crippen LogP contribution in [0.5, 0.6) is 0 Å². The first kappa shape index (κ1) is 18.2. The third-order valence-electron chi connectivity index (χ3n) is 3.04. The van der Waals surface area contributed by atoms with Gasteiger partial charge in [0.05, 0.1) is 0 Å². The molecule has 0 aliphatic carbocycles. The van der Waals surface area contributed by atoms with Gasteiger partial charge in [0, 0.05) is 0 Å². The molecule has 0 fully saturated rings. The van der Waals surface area contributed by atoms with Crippen molar-refractivity contribution in [1.82, 2.24) is 0 Å². The Morgan fingerprint density at radius 2 is 0.619 bits per heavy atom. The molecule has 0 aromatic heterocycles. The zero-order valence-corrected chi connectivity index (χ0v) is 16.7. The van der Waals surface area contributed by atoms with Crippen molar-refractivity contribution in [3.05, 3.63) is 91.0 Å². The second-order valence-corrected chi connectivity index (χ2v) is 9.00. The minimum atomic E-state index is -1.39. The molecule has 3 aromatic carbocycles. The molecule has 0 aliphatic rings. The molecule has 3 aromatic rings. The van der Waals surface area contributed by atoms with Crippen molar-refractivity contribution in [2.75, 3.05) is 0 Å². The summed E-state index contributed by atoms with van der Waals surface area (Å²) in [6, 6.07) is 32.7. The van der Waals surface area contributed by atoms with Crippen LogP contribution in [0.2, 0.25) is 0 Å². The van der Waals surface area contributed by atoms with Crippen molar-refractivity contribution in [3.63, 3.8) is 0 Å². The van der Waals surface area contributed by atoms with Gasteiger partial charge < -0.3 is 0 Å². The number of benzene rings is 3. The molecule has 3 heteroatoms. The van der Waals surface area contributed by atoms with E-state index in [9.17, 15) is 0 Å². The van der Waals surface area contributed by atoms with Crippen molar-refractivity contribution in [3.8, 4) is 0 Å². The summed E-state index contributed by atoms with van der Waals surface area (Å²) in [6.07, 6.45) is 0. The van der Waals surface area contributed by atoms with E-state index in [0.29, 0.717) is 0 Å². The molecule has 108 valence electrons. The Morgan fingerprint density at radius 1 is 0.381 bits per heavy atom. The number of hydrogen-bond acceptors (Lipinski definition) is 0. The summed E-state index contributed by atoms with van der Waals surface area (Å²) in [6.45, 7) is 0. The van der Waals surface area contributed by atoms with Crippen LogP contribution in [0, 0.1) is 0 Å². The fourth-order valence-corrected chi connectivity index (χ4v) is 7.02. The average Bonchev–Trinajstić information content (AvgIpc) is 2.51. The maximum atomic E-state index is 2.26. The van der Waals surface area contributed by atoms with E-state index >= 15 is 0 Å². The number of halogens is 2. The summed E-state index contributed by atoms with van der Waals surface area (Å²) >= 11 is -1.39. The third kappa shape index (κ3) is 4.57. The Kier molecular flexibility index (Phi) is 8.03. The maximum absolute atomic E-state index is 2.26. The van der Waals surface area contributed by atoms with Crippen LogP contribution < -0.4 is 13.1 Å². The van der Waals surface area contributed by atoms with Gasteiger partial charge in [-0.15, -0.1) is 34.0 Å². The Morgan fingerprint density at radius 3 is 0.857 bits per heavy atom. The second kappa shape index (κ2) is 9.25. The van der Waals surface area contributed by atoms with E-state index in [1.165, 1.54) is 13.1 Å². The summed E-state index contributed by atoms with van der Waals surface area (Å²) in [5, 5.41) is 0. The average molecular weight is 468 g/mol. The van der Waals surface area contributed by atoms with Crippen LogP contribution in [0.25, 0.3) is 0 Å². The fourth-order valence-electron chi connectivity index (χ4n) is 2.18. The van der Waals surface area contributed by atoms with Crippen LogP contribution in [0.4, 0.5) is 0 Å². The monoisotopic (exact) mass is 466 g/mol. The standard InChI is InChI=1S/C18H15As.2BrH/c1-4-10-16(11-5-1)19(17-12-6-2-7-13-17)18-14-8-3-9-15-18;;/h1-15H;2*1H. The van der Waals surface area contributed by atoms with Crippen molar-refractivity contribution in [1.29, 1.82) is 0 Å². The van der Waals surface area contributed by atoms with Crippen molar-refractivity contribution < 1.29 is 0 Å². The topological polar surface area (TPSA) is 0 Å². The van der Waals surface area contributed by atoms with E-state index in [-0.39, 0.29) is 34.0 Å². The molecule has 0 nitrogen and oxygen atoms in total. The summed E-state index contributed by atoms with van der Waals surface area (Å²) in [4.78, 5) is 0. The van der Waals surface area contributed by atoms with Crippen LogP contribution in [0.15, 0.2) is 91.0 Å². The summed E-state index contributed by atoms with van der Waals surface area (Å²) in [5.74, 6) is 0. The van der Waals surface area contributed by atoms with Crippen LogP contribution in [-0.4, -0.2) is 14.7 Å². The molecule has 0 atom stereocenters. The van der Waals surface area contributed by atoms with Gasteiger partial charge in [0.15, 0.2) is 0 Å². The van der Waals surface area contributed by atoms with Gasteiger partial charge in [0.1, 0.15) is 0 Å². The predicted molar refractivity (Wildman–Crippen MR) is 105 cm³/mol. The van der Waals surface area contributed by atoms with Crippen LogP contribution in [0.3, 0.4) is 0 Å². The van der Waals surface area contributed by atoms with Gasteiger partial charge in [-0.3, -0.25) is 0 Å². The van der Waals surface area contributed by atoms with Gasteiger partial charge in [-0.2, -0.15) is 0 Å². The van der Waals surface area contributed by atoms with Gasteiger partial charge in [-0.05, 0) is 0 Å². The van der Waals surface area contributed by atoms with E-state index in [1.807, 2.05) is 0 Å². The molecule has 0 bridgehead atoms. The Labute approximate surface area is 152 Å². The molecule has 0 radical (unpaired) electrons. The molecule has 3 rings (SSSR count). The van der Waals surface area contributed by atoms with Crippen molar-refractivity contribution in [2.45, 2.75) is 0 Å². The first-order valence-electron chi connectivity index (χ1n) is 6.40. The van der Waals surface area contributed by atoms with Crippen LogP contribution in [0.1, 0.15) is 0 Å². The van der Waals surface area contributed by atoms with E-state index < -0.39 is 14.7 Å². The SMILES string of the molecule is Br.Br.c1ccc([As](c2ccccc2)c2ccccc2)cc1. The Bertz CT molecular complexity index is 533. The normalized spacial score (nSPS) is 9.57. The van der Waals surface area contributed by atoms with E-state index in [1.54, 1.807) is 0 Å². The molecular formula is C18H17AsBr2. The van der Waals surface area contributed by atoms with E-state index in [4.69, 9.17) is 0 Å². The van der Waals surface area contributed by atoms with Gasteiger partial charge in [-0.1, -0.05) is 0 Å².